The number of aryl methyl sites for hydroxylation is 2. The molecule has 0 radical (unpaired) electrons. The third-order valence-corrected chi connectivity index (χ3v) is 4.05. The summed E-state index contributed by atoms with van der Waals surface area (Å²) in [5.41, 5.74) is 2.14. The largest absolute Gasteiger partial charge is 0.343 e. The van der Waals surface area contributed by atoms with Gasteiger partial charge in [-0.3, -0.25) is 9.59 Å². The summed E-state index contributed by atoms with van der Waals surface area (Å²) < 4.78 is 1.89. The van der Waals surface area contributed by atoms with Crippen molar-refractivity contribution in [3.8, 4) is 0 Å². The average molecular weight is 336 g/mol. The number of imidazole rings is 1. The van der Waals surface area contributed by atoms with Gasteiger partial charge >= 0.3 is 0 Å². The molecule has 2 aromatic heterocycles. The minimum atomic E-state index is -0.382. The van der Waals surface area contributed by atoms with E-state index < -0.39 is 0 Å². The van der Waals surface area contributed by atoms with Gasteiger partial charge in [-0.05, 0) is 31.0 Å². The van der Waals surface area contributed by atoms with E-state index in [1.165, 1.54) is 0 Å². The Morgan fingerprint density at radius 2 is 2.04 bits per heavy atom. The highest BCUT2D eigenvalue weighted by Crippen LogP contribution is 2.16. The van der Waals surface area contributed by atoms with Crippen molar-refractivity contribution in [1.29, 1.82) is 0 Å². The van der Waals surface area contributed by atoms with Crippen molar-refractivity contribution >= 4 is 5.91 Å². The predicted molar refractivity (Wildman–Crippen MR) is 95.4 cm³/mol. The van der Waals surface area contributed by atoms with Gasteiger partial charge in [-0.1, -0.05) is 30.3 Å². The lowest BCUT2D eigenvalue weighted by Crippen LogP contribution is -2.35. The number of rotatable bonds is 5. The number of hydrogen-bond acceptors (Lipinski definition) is 3. The Morgan fingerprint density at radius 3 is 2.68 bits per heavy atom. The summed E-state index contributed by atoms with van der Waals surface area (Å²) in [5.74, 6) is -0.382. The van der Waals surface area contributed by atoms with Crippen molar-refractivity contribution in [3.63, 3.8) is 0 Å². The number of pyridine rings is 1. The molecule has 2 heterocycles. The number of H-pyrrole nitrogens is 1. The average Bonchev–Trinajstić information content (AvgIpc) is 3.07. The second-order valence-corrected chi connectivity index (χ2v) is 6.04. The van der Waals surface area contributed by atoms with Gasteiger partial charge in [-0.15, -0.1) is 0 Å². The Hall–Kier alpha value is -3.15. The van der Waals surface area contributed by atoms with Crippen molar-refractivity contribution in [2.75, 3.05) is 0 Å². The van der Waals surface area contributed by atoms with Crippen LogP contribution in [0.25, 0.3) is 0 Å². The van der Waals surface area contributed by atoms with Gasteiger partial charge in [0.25, 0.3) is 11.5 Å². The molecule has 128 valence electrons. The standard InChI is InChI=1S/C19H20N4O2/c1-13-10-14(2)21-18(24)17(13)19(25)22-16(11-23-9-8-20-12-23)15-6-4-3-5-7-15/h3-10,12,16H,11H2,1-2H3,(H,21,24)(H,22,25)/t16-/m0/s1. The number of carbonyl (C=O) groups excluding carboxylic acids is 1. The van der Waals surface area contributed by atoms with Gasteiger partial charge in [0.1, 0.15) is 5.56 Å². The number of nitrogens with zero attached hydrogens (tertiary/aromatic N) is 2. The van der Waals surface area contributed by atoms with Crippen LogP contribution in [0.2, 0.25) is 0 Å². The number of hydrogen-bond donors (Lipinski definition) is 2. The van der Waals surface area contributed by atoms with Gasteiger partial charge in [0.2, 0.25) is 0 Å². The van der Waals surface area contributed by atoms with E-state index in [4.69, 9.17) is 0 Å². The maximum atomic E-state index is 12.8. The highest BCUT2D eigenvalue weighted by molar-refractivity contribution is 5.95. The number of amides is 1. The van der Waals surface area contributed by atoms with E-state index in [0.29, 0.717) is 12.1 Å². The van der Waals surface area contributed by atoms with Gasteiger partial charge in [0, 0.05) is 24.6 Å². The molecule has 0 aliphatic carbocycles. The fourth-order valence-corrected chi connectivity index (χ4v) is 2.89. The van der Waals surface area contributed by atoms with E-state index in [9.17, 15) is 9.59 Å². The van der Waals surface area contributed by atoms with Gasteiger partial charge in [-0.25, -0.2) is 4.98 Å². The van der Waals surface area contributed by atoms with E-state index in [-0.39, 0.29) is 23.1 Å². The van der Waals surface area contributed by atoms with Crippen LogP contribution in [-0.4, -0.2) is 20.4 Å². The fraction of sp³-hybridized carbons (Fsp3) is 0.211. The molecule has 0 bridgehead atoms. The van der Waals surface area contributed by atoms with Crippen molar-refractivity contribution in [1.82, 2.24) is 19.9 Å². The summed E-state index contributed by atoms with van der Waals surface area (Å²) in [7, 11) is 0. The molecule has 0 spiro atoms. The minimum Gasteiger partial charge on any atom is -0.343 e. The minimum absolute atomic E-state index is 0.150. The second kappa shape index (κ2) is 7.17. The van der Waals surface area contributed by atoms with Crippen molar-refractivity contribution < 1.29 is 4.79 Å². The highest BCUT2D eigenvalue weighted by Gasteiger charge is 2.20. The van der Waals surface area contributed by atoms with Crippen molar-refractivity contribution in [2.24, 2.45) is 0 Å². The first-order chi connectivity index (χ1) is 12.0. The maximum Gasteiger partial charge on any atom is 0.261 e. The quantitative estimate of drug-likeness (QED) is 0.750. The summed E-state index contributed by atoms with van der Waals surface area (Å²) >= 11 is 0. The first-order valence-corrected chi connectivity index (χ1v) is 8.06. The summed E-state index contributed by atoms with van der Waals surface area (Å²) in [6.45, 7) is 4.09. The Bertz CT molecular complexity index is 914. The molecular weight excluding hydrogens is 316 g/mol. The van der Waals surface area contributed by atoms with E-state index in [1.807, 2.05) is 41.1 Å². The van der Waals surface area contributed by atoms with Crippen LogP contribution in [0.15, 0.2) is 59.9 Å². The molecule has 0 aliphatic rings. The van der Waals surface area contributed by atoms with Gasteiger partial charge in [0.05, 0.1) is 12.4 Å². The molecule has 0 unspecified atom stereocenters. The molecule has 0 saturated carbocycles. The molecule has 25 heavy (non-hydrogen) atoms. The number of benzene rings is 1. The van der Waals surface area contributed by atoms with Crippen LogP contribution in [0.5, 0.6) is 0 Å². The van der Waals surface area contributed by atoms with Crippen LogP contribution < -0.4 is 10.9 Å². The Labute approximate surface area is 145 Å². The molecular formula is C19H20N4O2. The SMILES string of the molecule is Cc1cc(C)c(C(=O)N[C@@H](Cn2ccnc2)c2ccccc2)c(=O)[nH]1. The molecule has 0 aliphatic heterocycles. The molecule has 1 atom stereocenters. The molecule has 1 amide bonds. The summed E-state index contributed by atoms with van der Waals surface area (Å²) in [5, 5.41) is 2.98. The molecule has 3 rings (SSSR count). The first-order valence-electron chi connectivity index (χ1n) is 8.06. The van der Waals surface area contributed by atoms with Crippen LogP contribution in [0, 0.1) is 13.8 Å². The monoisotopic (exact) mass is 336 g/mol. The zero-order valence-corrected chi connectivity index (χ0v) is 14.2. The Morgan fingerprint density at radius 1 is 1.28 bits per heavy atom. The Kier molecular flexibility index (Phi) is 4.79. The summed E-state index contributed by atoms with van der Waals surface area (Å²) in [4.78, 5) is 31.7. The van der Waals surface area contributed by atoms with Gasteiger partial charge < -0.3 is 14.9 Å². The van der Waals surface area contributed by atoms with Crippen molar-refractivity contribution in [2.45, 2.75) is 26.4 Å². The number of aromatic nitrogens is 3. The summed E-state index contributed by atoms with van der Waals surface area (Å²) in [6.07, 6.45) is 5.23. The zero-order chi connectivity index (χ0) is 17.8. The predicted octanol–water partition coefficient (Wildman–Crippen LogP) is 2.36. The third-order valence-electron chi connectivity index (χ3n) is 4.05. The first kappa shape index (κ1) is 16.7. The van der Waals surface area contributed by atoms with E-state index >= 15 is 0 Å². The van der Waals surface area contributed by atoms with E-state index in [0.717, 1.165) is 11.3 Å². The molecule has 1 aromatic carbocycles. The van der Waals surface area contributed by atoms with Gasteiger partial charge in [-0.2, -0.15) is 0 Å². The van der Waals surface area contributed by atoms with E-state index in [2.05, 4.69) is 15.3 Å². The number of carbonyl (C=O) groups is 1. The molecule has 6 nitrogen and oxygen atoms in total. The lowest BCUT2D eigenvalue weighted by Gasteiger charge is -2.20. The Balaban J connectivity index is 1.90. The lowest BCUT2D eigenvalue weighted by atomic mass is 10.0. The lowest BCUT2D eigenvalue weighted by molar-refractivity contribution is 0.0930. The normalized spacial score (nSPS) is 11.9. The molecule has 6 heteroatoms. The topological polar surface area (TPSA) is 79.8 Å². The van der Waals surface area contributed by atoms with Crippen molar-refractivity contribution in [3.05, 3.63) is 87.9 Å². The fourth-order valence-electron chi connectivity index (χ4n) is 2.89. The second-order valence-electron chi connectivity index (χ2n) is 6.04. The van der Waals surface area contributed by atoms with Crippen LogP contribution in [-0.2, 0) is 6.54 Å². The van der Waals surface area contributed by atoms with Crippen LogP contribution in [0.1, 0.15) is 33.2 Å². The van der Waals surface area contributed by atoms with Gasteiger partial charge in [0.15, 0.2) is 0 Å². The zero-order valence-electron chi connectivity index (χ0n) is 14.2. The molecule has 0 fully saturated rings. The van der Waals surface area contributed by atoms with Crippen LogP contribution in [0.4, 0.5) is 0 Å². The molecule has 3 aromatic rings. The highest BCUT2D eigenvalue weighted by atomic mass is 16.2. The summed E-state index contributed by atoms with van der Waals surface area (Å²) in [6, 6.07) is 11.2. The third kappa shape index (κ3) is 3.85. The number of aromatic amines is 1. The number of nitrogens with one attached hydrogen (secondary N) is 2. The molecule has 2 N–H and O–H groups in total. The van der Waals surface area contributed by atoms with E-state index in [1.54, 1.807) is 32.4 Å². The molecule has 0 saturated heterocycles. The maximum absolute atomic E-state index is 12.8. The van der Waals surface area contributed by atoms with Crippen LogP contribution >= 0.6 is 0 Å². The van der Waals surface area contributed by atoms with Crippen LogP contribution in [0.3, 0.4) is 0 Å². The smallest absolute Gasteiger partial charge is 0.261 e.